The molecule has 0 amide bonds. The third-order valence-corrected chi connectivity index (χ3v) is 6.58. The second kappa shape index (κ2) is 10.4. The number of aryl methyl sites for hydroxylation is 1. The Balaban J connectivity index is 1.66. The van der Waals surface area contributed by atoms with Gasteiger partial charge in [0.1, 0.15) is 0 Å². The maximum atomic E-state index is 5.17. The third-order valence-electron chi connectivity index (χ3n) is 6.58. The molecule has 178 valence electrons. The molecule has 2 aliphatic rings. The van der Waals surface area contributed by atoms with Crippen molar-refractivity contribution in [1.82, 2.24) is 4.98 Å². The van der Waals surface area contributed by atoms with Gasteiger partial charge in [-0.15, -0.1) is 0 Å². The van der Waals surface area contributed by atoms with E-state index in [4.69, 9.17) is 9.98 Å². The lowest BCUT2D eigenvalue weighted by atomic mass is 9.93. The first-order chi connectivity index (χ1) is 16.3. The van der Waals surface area contributed by atoms with Crippen LogP contribution in [0.4, 0.5) is 17.1 Å². The first kappa shape index (κ1) is 23.9. The smallest absolute Gasteiger partial charge is 0.0863 e. The number of nitrogens with one attached hydrogen (secondary N) is 1. The maximum absolute atomic E-state index is 5.17. The minimum absolute atomic E-state index is 0.0456. The standard InChI is InChI=1S/C29H37N5/c1-19(2)31-22(5)27(32-24-14-13-21(4)30-18-24)17-28-23(6)34(25-15-11-20(3)12-16-25)29-10-8-7-9-26(29)33-28/h7-15,18-19,23,25,27,32H,16-17H2,1-6H3. The normalized spacial score (nSPS) is 21.1. The number of aromatic nitrogens is 1. The van der Waals surface area contributed by atoms with Crippen molar-refractivity contribution >= 4 is 28.5 Å². The fraction of sp³-hybridized carbons (Fsp3) is 0.414. The zero-order chi connectivity index (χ0) is 24.2. The Morgan fingerprint density at radius 3 is 2.65 bits per heavy atom. The van der Waals surface area contributed by atoms with Gasteiger partial charge in [-0.05, 0) is 72.2 Å². The van der Waals surface area contributed by atoms with Crippen molar-refractivity contribution in [2.45, 2.75) is 78.6 Å². The third kappa shape index (κ3) is 5.46. The van der Waals surface area contributed by atoms with E-state index in [1.165, 1.54) is 17.0 Å². The number of anilines is 2. The van der Waals surface area contributed by atoms with Gasteiger partial charge >= 0.3 is 0 Å². The van der Waals surface area contributed by atoms with Gasteiger partial charge in [-0.3, -0.25) is 15.0 Å². The van der Waals surface area contributed by atoms with E-state index in [2.05, 4.69) is 98.4 Å². The van der Waals surface area contributed by atoms with Gasteiger partial charge in [-0.2, -0.15) is 0 Å². The van der Waals surface area contributed by atoms with E-state index in [0.29, 0.717) is 6.04 Å². The van der Waals surface area contributed by atoms with Crippen LogP contribution in [0.2, 0.25) is 0 Å². The first-order valence-corrected chi connectivity index (χ1v) is 12.3. The number of hydrogen-bond acceptors (Lipinski definition) is 5. The van der Waals surface area contributed by atoms with Crippen LogP contribution in [0.3, 0.4) is 0 Å². The summed E-state index contributed by atoms with van der Waals surface area (Å²) >= 11 is 0. The van der Waals surface area contributed by atoms with Crippen LogP contribution >= 0.6 is 0 Å². The molecule has 5 heteroatoms. The molecule has 1 aliphatic heterocycles. The van der Waals surface area contributed by atoms with Crippen LogP contribution in [0.25, 0.3) is 0 Å². The van der Waals surface area contributed by atoms with E-state index in [1.54, 1.807) is 0 Å². The van der Waals surface area contributed by atoms with Crippen LogP contribution in [0.1, 0.15) is 53.2 Å². The van der Waals surface area contributed by atoms with Gasteiger partial charge in [0.05, 0.1) is 41.4 Å². The highest BCUT2D eigenvalue weighted by Crippen LogP contribution is 2.38. The van der Waals surface area contributed by atoms with Gasteiger partial charge in [-0.1, -0.05) is 35.9 Å². The predicted molar refractivity (Wildman–Crippen MR) is 146 cm³/mol. The van der Waals surface area contributed by atoms with Crippen molar-refractivity contribution in [3.63, 3.8) is 0 Å². The second-order valence-corrected chi connectivity index (χ2v) is 9.74. The fourth-order valence-corrected chi connectivity index (χ4v) is 4.76. The number of hydrogen-bond donors (Lipinski definition) is 1. The number of benzene rings is 1. The van der Waals surface area contributed by atoms with E-state index in [9.17, 15) is 0 Å². The van der Waals surface area contributed by atoms with Gasteiger partial charge in [0.25, 0.3) is 0 Å². The van der Waals surface area contributed by atoms with Crippen LogP contribution in [0, 0.1) is 6.92 Å². The maximum Gasteiger partial charge on any atom is 0.0863 e. The van der Waals surface area contributed by atoms with Crippen molar-refractivity contribution in [2.24, 2.45) is 9.98 Å². The number of allylic oxidation sites excluding steroid dienone is 2. The Kier molecular flexibility index (Phi) is 7.30. The highest BCUT2D eigenvalue weighted by Gasteiger charge is 2.32. The molecule has 5 nitrogen and oxygen atoms in total. The van der Waals surface area contributed by atoms with Crippen LogP contribution in [-0.2, 0) is 0 Å². The highest BCUT2D eigenvalue weighted by atomic mass is 15.2. The molecule has 2 aromatic rings. The Morgan fingerprint density at radius 1 is 1.18 bits per heavy atom. The molecule has 0 radical (unpaired) electrons. The van der Waals surface area contributed by atoms with E-state index < -0.39 is 0 Å². The van der Waals surface area contributed by atoms with Crippen LogP contribution < -0.4 is 10.2 Å². The van der Waals surface area contributed by atoms with Gasteiger partial charge in [0, 0.05) is 29.6 Å². The molecular weight excluding hydrogens is 418 g/mol. The van der Waals surface area contributed by atoms with E-state index >= 15 is 0 Å². The molecule has 3 unspecified atom stereocenters. The predicted octanol–water partition coefficient (Wildman–Crippen LogP) is 6.69. The van der Waals surface area contributed by atoms with Crippen molar-refractivity contribution in [3.8, 4) is 0 Å². The van der Waals surface area contributed by atoms with E-state index in [-0.39, 0.29) is 18.1 Å². The molecule has 0 saturated heterocycles. The van der Waals surface area contributed by atoms with E-state index in [0.717, 1.165) is 35.6 Å². The molecule has 3 atom stereocenters. The van der Waals surface area contributed by atoms with Crippen molar-refractivity contribution in [3.05, 3.63) is 72.1 Å². The number of para-hydroxylation sites is 2. The molecule has 0 fully saturated rings. The molecule has 1 aliphatic carbocycles. The summed E-state index contributed by atoms with van der Waals surface area (Å²) in [5, 5.41) is 3.69. The summed E-state index contributed by atoms with van der Waals surface area (Å²) in [6, 6.07) is 13.4. The van der Waals surface area contributed by atoms with Gasteiger partial charge in [0.2, 0.25) is 0 Å². The zero-order valence-electron chi connectivity index (χ0n) is 21.3. The summed E-state index contributed by atoms with van der Waals surface area (Å²) in [7, 11) is 0. The number of pyridine rings is 1. The molecule has 1 aromatic carbocycles. The quantitative estimate of drug-likeness (QED) is 0.473. The molecule has 0 bridgehead atoms. The van der Waals surface area contributed by atoms with Gasteiger partial charge < -0.3 is 10.2 Å². The number of rotatable bonds is 7. The topological polar surface area (TPSA) is 52.9 Å². The lowest BCUT2D eigenvalue weighted by Crippen LogP contribution is -2.49. The van der Waals surface area contributed by atoms with Crippen LogP contribution in [-0.4, -0.2) is 40.6 Å². The number of fused-ring (bicyclic) bond motifs is 1. The minimum atomic E-state index is 0.0456. The Labute approximate surface area is 204 Å². The largest absolute Gasteiger partial charge is 0.375 e. The SMILES string of the molecule is CC1=CCC(N2c3ccccc3N=C(CC(Nc3ccc(C)nc3)C(C)=NC(C)C)C2C)C=C1. The lowest BCUT2D eigenvalue weighted by Gasteiger charge is -2.42. The molecule has 0 saturated carbocycles. The lowest BCUT2D eigenvalue weighted by molar-refractivity contribution is 0.646. The Morgan fingerprint density at radius 2 is 1.97 bits per heavy atom. The molecule has 4 rings (SSSR count). The summed E-state index contributed by atoms with van der Waals surface area (Å²) in [6.45, 7) is 12.8. The summed E-state index contributed by atoms with van der Waals surface area (Å²) in [4.78, 5) is 17.1. The Bertz CT molecular complexity index is 1120. The molecule has 34 heavy (non-hydrogen) atoms. The van der Waals surface area contributed by atoms with Crippen LogP contribution in [0.5, 0.6) is 0 Å². The average molecular weight is 456 g/mol. The molecule has 1 aromatic heterocycles. The molecule has 1 N–H and O–H groups in total. The fourth-order valence-electron chi connectivity index (χ4n) is 4.76. The molecular formula is C29H37N5. The molecule has 0 spiro atoms. The zero-order valence-corrected chi connectivity index (χ0v) is 21.3. The Hall–Kier alpha value is -3.21. The summed E-state index contributed by atoms with van der Waals surface area (Å²) < 4.78 is 0. The number of aliphatic imine (C=N–C) groups is 2. The summed E-state index contributed by atoms with van der Waals surface area (Å²) in [5.41, 5.74) is 7.87. The van der Waals surface area contributed by atoms with Gasteiger partial charge in [0.15, 0.2) is 0 Å². The first-order valence-electron chi connectivity index (χ1n) is 12.3. The monoisotopic (exact) mass is 455 g/mol. The van der Waals surface area contributed by atoms with Crippen molar-refractivity contribution < 1.29 is 0 Å². The number of nitrogens with zero attached hydrogens (tertiary/aromatic N) is 4. The van der Waals surface area contributed by atoms with Crippen molar-refractivity contribution in [1.29, 1.82) is 0 Å². The highest BCUT2D eigenvalue weighted by molar-refractivity contribution is 6.03. The van der Waals surface area contributed by atoms with E-state index in [1.807, 2.05) is 19.2 Å². The minimum Gasteiger partial charge on any atom is -0.375 e. The summed E-state index contributed by atoms with van der Waals surface area (Å²) in [5.74, 6) is 0. The summed E-state index contributed by atoms with van der Waals surface area (Å²) in [6.07, 6.45) is 10.6. The molecule has 2 heterocycles. The second-order valence-electron chi connectivity index (χ2n) is 9.74. The van der Waals surface area contributed by atoms with Crippen LogP contribution in [0.15, 0.2) is 76.4 Å². The van der Waals surface area contributed by atoms with Gasteiger partial charge in [-0.25, -0.2) is 0 Å². The van der Waals surface area contributed by atoms with Crippen molar-refractivity contribution in [2.75, 3.05) is 10.2 Å². The average Bonchev–Trinajstić information content (AvgIpc) is 2.81.